The number of hydrogen-bond donors (Lipinski definition) is 2. The first kappa shape index (κ1) is 14.6. The minimum atomic E-state index is -0.139. The number of aryl methyl sites for hydroxylation is 1. The number of anilines is 2. The molecule has 2 bridgehead atoms. The Labute approximate surface area is 126 Å². The molecule has 2 aliphatic heterocycles. The number of piperidine rings is 1. The summed E-state index contributed by atoms with van der Waals surface area (Å²) in [5.74, 6) is 2.94. The maximum absolute atomic E-state index is 9.99. The normalized spacial score (nSPS) is 28.0. The molecule has 1 aromatic heterocycles. The van der Waals surface area contributed by atoms with Crippen LogP contribution in [0.1, 0.15) is 50.9 Å². The van der Waals surface area contributed by atoms with Crippen LogP contribution in [0, 0.1) is 6.92 Å². The van der Waals surface area contributed by atoms with Crippen LogP contribution in [0.25, 0.3) is 0 Å². The molecule has 2 saturated heterocycles. The Kier molecular flexibility index (Phi) is 4.02. The summed E-state index contributed by atoms with van der Waals surface area (Å²) in [5.41, 5.74) is 1.14. The fraction of sp³-hybridized carbons (Fsp3) is 0.750. The average Bonchev–Trinajstić information content (AvgIpc) is 2.73. The molecule has 0 aromatic carbocycles. The van der Waals surface area contributed by atoms with Crippen LogP contribution < -0.4 is 10.2 Å². The fourth-order valence-electron chi connectivity index (χ4n) is 3.79. The number of aromatic nitrogens is 2. The minimum absolute atomic E-state index is 0.139. The van der Waals surface area contributed by atoms with Crippen molar-refractivity contribution in [1.82, 2.24) is 9.97 Å². The first-order valence-electron chi connectivity index (χ1n) is 8.21. The molecule has 1 aromatic rings. The molecule has 2 aliphatic rings. The van der Waals surface area contributed by atoms with Gasteiger partial charge in [0.25, 0.3) is 0 Å². The van der Waals surface area contributed by atoms with Crippen LogP contribution in [0.4, 0.5) is 11.6 Å². The standard InChI is InChI=1S/C16H26N4O/c1-4-14-18-15(17-5-2)10(3)16(19-14)20-11-6-7-12(20)9-13(21)8-11/h11-13,21H,4-9H2,1-3H3,(H,17,18,19). The van der Waals surface area contributed by atoms with Crippen LogP contribution in [0.15, 0.2) is 0 Å². The van der Waals surface area contributed by atoms with Crippen molar-refractivity contribution in [2.45, 2.75) is 71.1 Å². The van der Waals surface area contributed by atoms with Crippen molar-refractivity contribution in [1.29, 1.82) is 0 Å². The van der Waals surface area contributed by atoms with Gasteiger partial charge in [-0.25, -0.2) is 9.97 Å². The lowest BCUT2D eigenvalue weighted by molar-refractivity contribution is 0.126. The predicted molar refractivity (Wildman–Crippen MR) is 84.8 cm³/mol. The number of nitrogens with one attached hydrogen (secondary N) is 1. The molecule has 116 valence electrons. The average molecular weight is 290 g/mol. The summed E-state index contributed by atoms with van der Waals surface area (Å²) < 4.78 is 0. The van der Waals surface area contributed by atoms with Gasteiger partial charge in [0.15, 0.2) is 0 Å². The summed E-state index contributed by atoms with van der Waals surface area (Å²) in [6, 6.07) is 0.873. The Bertz CT molecular complexity index is 505. The molecule has 0 spiro atoms. The fourth-order valence-corrected chi connectivity index (χ4v) is 3.79. The third kappa shape index (κ3) is 2.59. The van der Waals surface area contributed by atoms with E-state index in [2.05, 4.69) is 36.0 Å². The smallest absolute Gasteiger partial charge is 0.137 e. The van der Waals surface area contributed by atoms with E-state index in [4.69, 9.17) is 4.98 Å². The maximum Gasteiger partial charge on any atom is 0.137 e. The molecule has 5 nitrogen and oxygen atoms in total. The van der Waals surface area contributed by atoms with Gasteiger partial charge in [0.05, 0.1) is 6.10 Å². The lowest BCUT2D eigenvalue weighted by Gasteiger charge is -2.39. The molecule has 0 amide bonds. The first-order chi connectivity index (χ1) is 10.1. The Morgan fingerprint density at radius 2 is 1.86 bits per heavy atom. The van der Waals surface area contributed by atoms with Crippen LogP contribution >= 0.6 is 0 Å². The molecule has 0 saturated carbocycles. The predicted octanol–water partition coefficient (Wildman–Crippen LogP) is 2.27. The first-order valence-corrected chi connectivity index (χ1v) is 8.21. The summed E-state index contributed by atoms with van der Waals surface area (Å²) >= 11 is 0. The lowest BCUT2D eigenvalue weighted by Crippen LogP contribution is -2.45. The summed E-state index contributed by atoms with van der Waals surface area (Å²) in [6.07, 6.45) is 4.79. The highest BCUT2D eigenvalue weighted by Gasteiger charge is 2.41. The largest absolute Gasteiger partial charge is 0.393 e. The van der Waals surface area contributed by atoms with Crippen molar-refractivity contribution in [2.75, 3.05) is 16.8 Å². The van der Waals surface area contributed by atoms with E-state index in [0.29, 0.717) is 12.1 Å². The number of nitrogens with zero attached hydrogens (tertiary/aromatic N) is 3. The summed E-state index contributed by atoms with van der Waals surface area (Å²) in [4.78, 5) is 11.9. The molecule has 21 heavy (non-hydrogen) atoms. The molecular weight excluding hydrogens is 264 g/mol. The van der Waals surface area contributed by atoms with Crippen LogP contribution in [-0.2, 0) is 6.42 Å². The maximum atomic E-state index is 9.99. The lowest BCUT2D eigenvalue weighted by atomic mass is 9.99. The summed E-state index contributed by atoms with van der Waals surface area (Å²) in [6.45, 7) is 7.16. The quantitative estimate of drug-likeness (QED) is 0.891. The number of aliphatic hydroxyl groups excluding tert-OH is 1. The number of aliphatic hydroxyl groups is 1. The minimum Gasteiger partial charge on any atom is -0.393 e. The molecule has 0 radical (unpaired) electrons. The van der Waals surface area contributed by atoms with E-state index >= 15 is 0 Å². The van der Waals surface area contributed by atoms with Crippen LogP contribution in [0.2, 0.25) is 0 Å². The van der Waals surface area contributed by atoms with E-state index in [1.807, 2.05) is 0 Å². The van der Waals surface area contributed by atoms with Crippen molar-refractivity contribution < 1.29 is 5.11 Å². The second-order valence-corrected chi connectivity index (χ2v) is 6.24. The van der Waals surface area contributed by atoms with Gasteiger partial charge in [-0.1, -0.05) is 6.92 Å². The highest BCUT2D eigenvalue weighted by Crippen LogP contribution is 2.40. The van der Waals surface area contributed by atoms with Crippen molar-refractivity contribution in [3.05, 3.63) is 11.4 Å². The Hall–Kier alpha value is -1.36. The third-order valence-corrected chi connectivity index (χ3v) is 4.78. The Morgan fingerprint density at radius 3 is 2.43 bits per heavy atom. The van der Waals surface area contributed by atoms with E-state index in [0.717, 1.165) is 48.8 Å². The van der Waals surface area contributed by atoms with Gasteiger partial charge < -0.3 is 15.3 Å². The number of rotatable bonds is 4. The number of hydrogen-bond acceptors (Lipinski definition) is 5. The van der Waals surface area contributed by atoms with Gasteiger partial charge >= 0.3 is 0 Å². The van der Waals surface area contributed by atoms with Crippen molar-refractivity contribution in [3.63, 3.8) is 0 Å². The molecule has 2 atom stereocenters. The molecule has 2 unspecified atom stereocenters. The summed E-state index contributed by atoms with van der Waals surface area (Å²) in [5, 5.41) is 13.4. The monoisotopic (exact) mass is 290 g/mol. The SMILES string of the molecule is CCNc1nc(CC)nc(N2C3CCC2CC(O)C3)c1C. The van der Waals surface area contributed by atoms with Crippen molar-refractivity contribution in [3.8, 4) is 0 Å². The molecule has 0 aliphatic carbocycles. The van der Waals surface area contributed by atoms with Gasteiger partial charge in [-0.15, -0.1) is 0 Å². The molecule has 2 fully saturated rings. The van der Waals surface area contributed by atoms with Gasteiger partial charge in [-0.05, 0) is 39.5 Å². The zero-order chi connectivity index (χ0) is 15.0. The van der Waals surface area contributed by atoms with E-state index in [9.17, 15) is 5.11 Å². The highest BCUT2D eigenvalue weighted by atomic mass is 16.3. The van der Waals surface area contributed by atoms with E-state index in [-0.39, 0.29) is 6.10 Å². The van der Waals surface area contributed by atoms with E-state index < -0.39 is 0 Å². The zero-order valence-electron chi connectivity index (χ0n) is 13.3. The van der Waals surface area contributed by atoms with E-state index in [1.165, 1.54) is 12.8 Å². The van der Waals surface area contributed by atoms with Gasteiger partial charge in [0.2, 0.25) is 0 Å². The van der Waals surface area contributed by atoms with Crippen LogP contribution in [0.3, 0.4) is 0 Å². The molecular formula is C16H26N4O. The van der Waals surface area contributed by atoms with Crippen LogP contribution in [0.5, 0.6) is 0 Å². The zero-order valence-corrected chi connectivity index (χ0v) is 13.3. The molecule has 2 N–H and O–H groups in total. The van der Waals surface area contributed by atoms with Gasteiger partial charge in [-0.3, -0.25) is 0 Å². The van der Waals surface area contributed by atoms with Crippen LogP contribution in [-0.4, -0.2) is 39.8 Å². The molecule has 5 heteroatoms. The van der Waals surface area contributed by atoms with Crippen molar-refractivity contribution in [2.24, 2.45) is 0 Å². The molecule has 3 heterocycles. The number of fused-ring (bicyclic) bond motifs is 2. The van der Waals surface area contributed by atoms with Crippen molar-refractivity contribution >= 4 is 11.6 Å². The Morgan fingerprint density at radius 1 is 1.19 bits per heavy atom. The van der Waals surface area contributed by atoms with Gasteiger partial charge in [0.1, 0.15) is 17.5 Å². The summed E-state index contributed by atoms with van der Waals surface area (Å²) in [7, 11) is 0. The molecule has 3 rings (SSSR count). The topological polar surface area (TPSA) is 61.3 Å². The second-order valence-electron chi connectivity index (χ2n) is 6.24. The van der Waals surface area contributed by atoms with Gasteiger partial charge in [-0.2, -0.15) is 0 Å². The van der Waals surface area contributed by atoms with Gasteiger partial charge in [0, 0.05) is 30.6 Å². The highest BCUT2D eigenvalue weighted by molar-refractivity contribution is 5.60. The Balaban J connectivity index is 1.99. The van der Waals surface area contributed by atoms with E-state index in [1.54, 1.807) is 0 Å². The second kappa shape index (κ2) is 5.79. The third-order valence-electron chi connectivity index (χ3n) is 4.78.